The Hall–Kier alpha value is -3.08. The molecule has 0 aliphatic carbocycles. The number of fused-ring (bicyclic) bond motifs is 1. The van der Waals surface area contributed by atoms with Gasteiger partial charge in [-0.15, -0.1) is 0 Å². The van der Waals surface area contributed by atoms with E-state index >= 15 is 0 Å². The molecule has 0 aliphatic heterocycles. The molecule has 5 nitrogen and oxygen atoms in total. The van der Waals surface area contributed by atoms with Crippen LogP contribution < -0.4 is 10.5 Å². The Bertz CT molecular complexity index is 947. The van der Waals surface area contributed by atoms with Crippen molar-refractivity contribution in [3.8, 4) is 0 Å². The van der Waals surface area contributed by atoms with Gasteiger partial charge in [0.1, 0.15) is 11.1 Å². The zero-order valence-electron chi connectivity index (χ0n) is 13.9. The van der Waals surface area contributed by atoms with Crippen LogP contribution in [0.2, 0.25) is 0 Å². The molecule has 0 aliphatic rings. The van der Waals surface area contributed by atoms with Crippen LogP contribution in [0.4, 0.5) is 5.69 Å². The normalized spacial score (nSPS) is 10.8. The predicted molar refractivity (Wildman–Crippen MR) is 97.5 cm³/mol. The second kappa shape index (κ2) is 7.21. The van der Waals surface area contributed by atoms with Gasteiger partial charge in [-0.2, -0.15) is 0 Å². The smallest absolute Gasteiger partial charge is 0.351 e. The van der Waals surface area contributed by atoms with Crippen LogP contribution in [0.3, 0.4) is 0 Å². The van der Waals surface area contributed by atoms with Crippen molar-refractivity contribution in [2.45, 2.75) is 12.8 Å². The number of hydrogen-bond donors (Lipinski definition) is 1. The van der Waals surface area contributed by atoms with E-state index in [1.54, 1.807) is 12.1 Å². The lowest BCUT2D eigenvalue weighted by molar-refractivity contribution is 0.0692. The van der Waals surface area contributed by atoms with Crippen LogP contribution in [-0.4, -0.2) is 24.7 Å². The molecule has 1 heterocycles. The van der Waals surface area contributed by atoms with E-state index in [-0.39, 0.29) is 5.56 Å². The monoisotopic (exact) mass is 337 g/mol. The van der Waals surface area contributed by atoms with Gasteiger partial charge in [0.2, 0.25) is 0 Å². The summed E-state index contributed by atoms with van der Waals surface area (Å²) < 4.78 is 5.16. The highest BCUT2D eigenvalue weighted by atomic mass is 16.4. The summed E-state index contributed by atoms with van der Waals surface area (Å²) in [6, 6.07) is 17.1. The summed E-state index contributed by atoms with van der Waals surface area (Å²) in [4.78, 5) is 24.8. The first-order valence-corrected chi connectivity index (χ1v) is 8.11. The largest absolute Gasteiger partial charge is 0.477 e. The molecule has 0 saturated heterocycles. The van der Waals surface area contributed by atoms with Crippen LogP contribution in [0, 0.1) is 0 Å². The molecule has 3 rings (SSSR count). The molecule has 0 atom stereocenters. The highest BCUT2D eigenvalue weighted by Gasteiger charge is 2.13. The van der Waals surface area contributed by atoms with Gasteiger partial charge in [-0.25, -0.2) is 9.59 Å². The fourth-order valence-electron chi connectivity index (χ4n) is 2.78. The first kappa shape index (κ1) is 16.8. The quantitative estimate of drug-likeness (QED) is 0.696. The number of nitrogens with zero attached hydrogens (tertiary/aromatic N) is 1. The molecule has 0 amide bonds. The highest BCUT2D eigenvalue weighted by Crippen LogP contribution is 2.21. The van der Waals surface area contributed by atoms with Crippen molar-refractivity contribution in [2.75, 3.05) is 18.5 Å². The summed E-state index contributed by atoms with van der Waals surface area (Å²) >= 11 is 0. The number of benzene rings is 2. The number of carbonyl (C=O) groups is 1. The van der Waals surface area contributed by atoms with Crippen molar-refractivity contribution in [2.24, 2.45) is 0 Å². The Morgan fingerprint density at radius 2 is 1.88 bits per heavy atom. The topological polar surface area (TPSA) is 70.8 Å². The molecule has 5 heteroatoms. The Balaban J connectivity index is 1.73. The standard InChI is InChI=1S/C20H19NO4/c1-21(11-5-8-14-6-3-2-4-7-14)16-10-9-15-12-17(19(22)23)20(24)25-18(15)13-16/h2-4,6-7,9-10,12-13H,5,8,11H2,1H3,(H,22,23). The lowest BCUT2D eigenvalue weighted by Gasteiger charge is -2.19. The van der Waals surface area contributed by atoms with Gasteiger partial charge in [0.05, 0.1) is 0 Å². The molecular formula is C20H19NO4. The third-order valence-corrected chi connectivity index (χ3v) is 4.19. The van der Waals surface area contributed by atoms with Gasteiger partial charge in [0, 0.05) is 30.7 Å². The van der Waals surface area contributed by atoms with Gasteiger partial charge in [0.25, 0.3) is 0 Å². The van der Waals surface area contributed by atoms with Crippen molar-refractivity contribution in [3.05, 3.63) is 76.1 Å². The number of anilines is 1. The highest BCUT2D eigenvalue weighted by molar-refractivity contribution is 5.92. The molecule has 0 fully saturated rings. The van der Waals surface area contributed by atoms with E-state index in [0.29, 0.717) is 11.0 Å². The van der Waals surface area contributed by atoms with Crippen LogP contribution in [0.1, 0.15) is 22.3 Å². The molecule has 0 saturated carbocycles. The van der Waals surface area contributed by atoms with Gasteiger partial charge in [-0.05, 0) is 36.6 Å². The molecule has 128 valence electrons. The van der Waals surface area contributed by atoms with Crippen LogP contribution >= 0.6 is 0 Å². The Morgan fingerprint density at radius 1 is 1.12 bits per heavy atom. The average Bonchev–Trinajstić information content (AvgIpc) is 2.61. The van der Waals surface area contributed by atoms with Gasteiger partial charge >= 0.3 is 11.6 Å². The molecular weight excluding hydrogens is 318 g/mol. The van der Waals surface area contributed by atoms with Crippen LogP contribution in [0.15, 0.2) is 63.8 Å². The SMILES string of the molecule is CN(CCCc1ccccc1)c1ccc2cc(C(=O)O)c(=O)oc2c1. The Morgan fingerprint density at radius 3 is 2.60 bits per heavy atom. The first-order valence-electron chi connectivity index (χ1n) is 8.11. The van der Waals surface area contributed by atoms with Crippen LogP contribution in [-0.2, 0) is 6.42 Å². The van der Waals surface area contributed by atoms with Gasteiger partial charge in [-0.3, -0.25) is 0 Å². The molecule has 0 radical (unpaired) electrons. The van der Waals surface area contributed by atoms with Crippen LogP contribution in [0.25, 0.3) is 11.0 Å². The van der Waals surface area contributed by atoms with E-state index < -0.39 is 11.6 Å². The number of carboxylic acids is 1. The van der Waals surface area contributed by atoms with E-state index in [1.807, 2.05) is 31.3 Å². The maximum Gasteiger partial charge on any atom is 0.351 e. The number of rotatable bonds is 6. The van der Waals surface area contributed by atoms with E-state index in [2.05, 4.69) is 17.0 Å². The third-order valence-electron chi connectivity index (χ3n) is 4.19. The molecule has 0 spiro atoms. The minimum absolute atomic E-state index is 0.350. The maximum absolute atomic E-state index is 11.7. The summed E-state index contributed by atoms with van der Waals surface area (Å²) in [5.74, 6) is -1.28. The molecule has 0 unspecified atom stereocenters. The van der Waals surface area contributed by atoms with Gasteiger partial charge in [0.15, 0.2) is 0 Å². The van der Waals surface area contributed by atoms with Crippen molar-refractivity contribution >= 4 is 22.6 Å². The lowest BCUT2D eigenvalue weighted by atomic mass is 10.1. The van der Waals surface area contributed by atoms with E-state index in [1.165, 1.54) is 11.6 Å². The van der Waals surface area contributed by atoms with Crippen LogP contribution in [0.5, 0.6) is 0 Å². The number of aryl methyl sites for hydroxylation is 1. The van der Waals surface area contributed by atoms with Crippen molar-refractivity contribution in [1.82, 2.24) is 0 Å². The molecule has 3 aromatic rings. The molecule has 2 aromatic carbocycles. The molecule has 1 aromatic heterocycles. The molecule has 0 bridgehead atoms. The van der Waals surface area contributed by atoms with Gasteiger partial charge < -0.3 is 14.4 Å². The minimum atomic E-state index is -1.28. The fraction of sp³-hybridized carbons (Fsp3) is 0.200. The van der Waals surface area contributed by atoms with E-state index in [0.717, 1.165) is 25.1 Å². The second-order valence-electron chi connectivity index (χ2n) is 5.99. The Labute approximate surface area is 145 Å². The second-order valence-corrected chi connectivity index (χ2v) is 5.99. The fourth-order valence-corrected chi connectivity index (χ4v) is 2.78. The maximum atomic E-state index is 11.7. The van der Waals surface area contributed by atoms with Crippen molar-refractivity contribution in [1.29, 1.82) is 0 Å². The average molecular weight is 337 g/mol. The summed E-state index contributed by atoms with van der Waals surface area (Å²) in [5, 5.41) is 9.59. The van der Waals surface area contributed by atoms with E-state index in [4.69, 9.17) is 9.52 Å². The zero-order chi connectivity index (χ0) is 17.8. The summed E-state index contributed by atoms with van der Waals surface area (Å²) in [6.45, 7) is 0.859. The zero-order valence-corrected chi connectivity index (χ0v) is 13.9. The van der Waals surface area contributed by atoms with E-state index in [9.17, 15) is 9.59 Å². The minimum Gasteiger partial charge on any atom is -0.477 e. The van der Waals surface area contributed by atoms with Gasteiger partial charge in [-0.1, -0.05) is 30.3 Å². The lowest BCUT2D eigenvalue weighted by Crippen LogP contribution is -2.19. The summed E-state index contributed by atoms with van der Waals surface area (Å²) in [5.41, 5.74) is 1.44. The third kappa shape index (κ3) is 3.88. The van der Waals surface area contributed by atoms with Crippen molar-refractivity contribution in [3.63, 3.8) is 0 Å². The summed E-state index contributed by atoms with van der Waals surface area (Å²) in [7, 11) is 1.98. The Kier molecular flexibility index (Phi) is 4.84. The molecule has 1 N–H and O–H groups in total. The molecule has 25 heavy (non-hydrogen) atoms. The number of aromatic carboxylic acids is 1. The number of carboxylic acid groups (broad SMARTS) is 1. The summed E-state index contributed by atoms with van der Waals surface area (Å²) in [6.07, 6.45) is 2.00. The van der Waals surface area contributed by atoms with Crippen molar-refractivity contribution < 1.29 is 14.3 Å². The first-order chi connectivity index (χ1) is 12.0. The predicted octanol–water partition coefficient (Wildman–Crippen LogP) is 3.56. The number of hydrogen-bond acceptors (Lipinski definition) is 4.